The highest BCUT2D eigenvalue weighted by Gasteiger charge is 2.57. The second-order valence-electron chi connectivity index (χ2n) is 9.91. The molecule has 2 N–H and O–H groups in total. The van der Waals surface area contributed by atoms with Gasteiger partial charge in [-0.2, -0.15) is 0 Å². The summed E-state index contributed by atoms with van der Waals surface area (Å²) in [5.41, 5.74) is 2.97. The predicted octanol–water partition coefficient (Wildman–Crippen LogP) is 4.50. The molecule has 4 nitrogen and oxygen atoms in total. The molecule has 0 aliphatic heterocycles. The second-order valence-corrected chi connectivity index (χ2v) is 11.0. The van der Waals surface area contributed by atoms with Crippen molar-refractivity contribution >= 4 is 17.2 Å². The fraction of sp³-hybridized carbons (Fsp3) is 0.583. The van der Waals surface area contributed by atoms with Gasteiger partial charge in [-0.15, -0.1) is 11.3 Å². The third-order valence-electron chi connectivity index (χ3n) is 7.29. The van der Waals surface area contributed by atoms with Gasteiger partial charge in [0, 0.05) is 23.9 Å². The molecule has 5 heteroatoms. The van der Waals surface area contributed by atoms with Crippen LogP contribution in [0.5, 0.6) is 0 Å². The van der Waals surface area contributed by atoms with Gasteiger partial charge >= 0.3 is 0 Å². The number of aromatic nitrogens is 1. The number of benzene rings is 1. The van der Waals surface area contributed by atoms with Crippen LogP contribution in [0, 0.1) is 24.2 Å². The minimum Gasteiger partial charge on any atom is -0.390 e. The molecule has 1 amide bonds. The number of nitrogens with zero attached hydrogens (tertiary/aromatic N) is 1. The first-order valence-corrected chi connectivity index (χ1v) is 11.8. The van der Waals surface area contributed by atoms with Crippen LogP contribution in [-0.2, 0) is 11.2 Å². The van der Waals surface area contributed by atoms with Crippen LogP contribution in [-0.4, -0.2) is 28.1 Å². The van der Waals surface area contributed by atoms with Crippen molar-refractivity contribution in [2.45, 2.75) is 63.9 Å². The van der Waals surface area contributed by atoms with Crippen molar-refractivity contribution in [2.75, 3.05) is 6.54 Å². The second kappa shape index (κ2) is 7.21. The summed E-state index contributed by atoms with van der Waals surface area (Å²) < 4.78 is 0. The number of amides is 1. The number of carbonyl (C=O) groups excluding carboxylic acids is 1. The Morgan fingerprint density at radius 2 is 1.93 bits per heavy atom. The van der Waals surface area contributed by atoms with Crippen LogP contribution in [0.2, 0.25) is 0 Å². The Labute approximate surface area is 176 Å². The van der Waals surface area contributed by atoms with Crippen LogP contribution in [0.15, 0.2) is 29.6 Å². The van der Waals surface area contributed by atoms with E-state index < -0.39 is 5.60 Å². The first-order valence-electron chi connectivity index (χ1n) is 10.9. The highest BCUT2D eigenvalue weighted by molar-refractivity contribution is 7.09. The van der Waals surface area contributed by atoms with Crippen LogP contribution in [0.1, 0.15) is 55.5 Å². The molecule has 2 unspecified atom stereocenters. The highest BCUT2D eigenvalue weighted by atomic mass is 32.1. The van der Waals surface area contributed by atoms with Crippen LogP contribution >= 0.6 is 11.3 Å². The van der Waals surface area contributed by atoms with Crippen molar-refractivity contribution < 1.29 is 9.90 Å². The molecule has 1 heterocycles. The van der Waals surface area contributed by atoms with Gasteiger partial charge in [-0.05, 0) is 74.7 Å². The largest absolute Gasteiger partial charge is 0.390 e. The lowest BCUT2D eigenvalue weighted by atomic mass is 9.47. The molecule has 4 aliphatic carbocycles. The third kappa shape index (κ3) is 3.99. The maximum Gasteiger partial charge on any atom is 0.220 e. The molecule has 4 fully saturated rings. The SMILES string of the molecule is Cc1nc(-c2ccc(CCNC(=O)CC34CC5CC(CC(O)(C5)C3)C4)cc2)cs1. The lowest BCUT2D eigenvalue weighted by molar-refractivity contribution is -0.169. The predicted molar refractivity (Wildman–Crippen MR) is 116 cm³/mol. The Kier molecular flexibility index (Phi) is 4.78. The van der Waals surface area contributed by atoms with Gasteiger partial charge in [0.05, 0.1) is 16.3 Å². The molecule has 1 aromatic carbocycles. The average Bonchev–Trinajstić information content (AvgIpc) is 3.06. The van der Waals surface area contributed by atoms with E-state index in [0.29, 0.717) is 24.8 Å². The molecule has 2 atom stereocenters. The first-order chi connectivity index (χ1) is 13.9. The maximum atomic E-state index is 12.7. The number of aliphatic hydroxyl groups is 1. The topological polar surface area (TPSA) is 62.2 Å². The van der Waals surface area contributed by atoms with Crippen LogP contribution < -0.4 is 5.32 Å². The number of rotatable bonds is 6. The molecule has 154 valence electrons. The molecule has 1 aromatic heterocycles. The summed E-state index contributed by atoms with van der Waals surface area (Å²) in [6.07, 6.45) is 7.72. The van der Waals surface area contributed by atoms with Crippen LogP contribution in [0.3, 0.4) is 0 Å². The normalized spacial score (nSPS) is 32.5. The zero-order valence-electron chi connectivity index (χ0n) is 17.1. The monoisotopic (exact) mass is 410 g/mol. The van der Waals surface area contributed by atoms with E-state index in [1.54, 1.807) is 11.3 Å². The third-order valence-corrected chi connectivity index (χ3v) is 8.06. The highest BCUT2D eigenvalue weighted by Crippen LogP contribution is 2.62. The summed E-state index contributed by atoms with van der Waals surface area (Å²) >= 11 is 1.67. The zero-order valence-corrected chi connectivity index (χ0v) is 17.9. The summed E-state index contributed by atoms with van der Waals surface area (Å²) in [6.45, 7) is 2.69. The Morgan fingerprint density at radius 3 is 2.55 bits per heavy atom. The van der Waals surface area contributed by atoms with E-state index in [4.69, 9.17) is 0 Å². The molecule has 4 saturated carbocycles. The van der Waals surface area contributed by atoms with E-state index in [-0.39, 0.29) is 11.3 Å². The lowest BCUT2D eigenvalue weighted by Crippen LogP contribution is -2.56. The van der Waals surface area contributed by atoms with Crippen molar-refractivity contribution in [3.05, 3.63) is 40.2 Å². The average molecular weight is 411 g/mol. The van der Waals surface area contributed by atoms with E-state index in [1.165, 1.54) is 12.0 Å². The molecule has 2 aromatic rings. The number of nitrogens with one attached hydrogen (secondary N) is 1. The number of hydrogen-bond acceptors (Lipinski definition) is 4. The smallest absolute Gasteiger partial charge is 0.220 e. The van der Waals surface area contributed by atoms with E-state index in [2.05, 4.69) is 39.9 Å². The van der Waals surface area contributed by atoms with Gasteiger partial charge in [-0.3, -0.25) is 4.79 Å². The van der Waals surface area contributed by atoms with E-state index in [9.17, 15) is 9.90 Å². The van der Waals surface area contributed by atoms with E-state index >= 15 is 0 Å². The Balaban J connectivity index is 1.13. The summed E-state index contributed by atoms with van der Waals surface area (Å²) in [7, 11) is 0. The quantitative estimate of drug-likeness (QED) is 0.737. The van der Waals surface area contributed by atoms with E-state index in [1.807, 2.05) is 6.92 Å². The molecule has 29 heavy (non-hydrogen) atoms. The summed E-state index contributed by atoms with van der Waals surface area (Å²) in [5, 5.41) is 17.2. The number of carbonyl (C=O) groups is 1. The fourth-order valence-corrected chi connectivity index (χ4v) is 7.32. The molecular formula is C24H30N2O2S. The first kappa shape index (κ1) is 19.3. The number of aryl methyl sites for hydroxylation is 1. The molecule has 0 saturated heterocycles. The van der Waals surface area contributed by atoms with Crippen LogP contribution in [0.4, 0.5) is 0 Å². The van der Waals surface area contributed by atoms with Gasteiger partial charge in [0.15, 0.2) is 0 Å². The molecular weight excluding hydrogens is 380 g/mol. The van der Waals surface area contributed by atoms with Crippen molar-refractivity contribution in [2.24, 2.45) is 17.3 Å². The van der Waals surface area contributed by atoms with Gasteiger partial charge in [-0.1, -0.05) is 24.3 Å². The molecule has 6 rings (SSSR count). The Hall–Kier alpha value is -1.72. The van der Waals surface area contributed by atoms with Gasteiger partial charge in [0.2, 0.25) is 5.91 Å². The Morgan fingerprint density at radius 1 is 1.21 bits per heavy atom. The van der Waals surface area contributed by atoms with Crippen molar-refractivity contribution in [1.82, 2.24) is 10.3 Å². The molecule has 0 spiro atoms. The summed E-state index contributed by atoms with van der Waals surface area (Å²) in [4.78, 5) is 17.2. The minimum atomic E-state index is -0.484. The minimum absolute atomic E-state index is 0.0518. The fourth-order valence-electron chi connectivity index (χ4n) is 6.70. The number of hydrogen-bond donors (Lipinski definition) is 2. The molecule has 4 bridgehead atoms. The Bertz CT molecular complexity index is 890. The van der Waals surface area contributed by atoms with Crippen molar-refractivity contribution in [1.29, 1.82) is 0 Å². The maximum absolute atomic E-state index is 12.7. The zero-order chi connectivity index (χ0) is 20.1. The van der Waals surface area contributed by atoms with Crippen molar-refractivity contribution in [3.8, 4) is 11.3 Å². The summed E-state index contributed by atoms with van der Waals surface area (Å²) in [5.74, 6) is 1.42. The van der Waals surface area contributed by atoms with Crippen molar-refractivity contribution in [3.63, 3.8) is 0 Å². The van der Waals surface area contributed by atoms with Crippen LogP contribution in [0.25, 0.3) is 11.3 Å². The van der Waals surface area contributed by atoms with Gasteiger partial charge in [0.1, 0.15) is 0 Å². The standard InChI is InChI=1S/C24H30N2O2S/c1-16-26-21(14-29-16)20-4-2-17(3-5-20)6-7-25-22(27)13-23-9-18-8-19(10-23)12-24(28,11-18)15-23/h2-5,14,18-19,28H,6-13,15H2,1H3,(H,25,27). The molecule has 0 radical (unpaired) electrons. The van der Waals surface area contributed by atoms with Gasteiger partial charge in [0.25, 0.3) is 0 Å². The molecule has 4 aliphatic rings. The van der Waals surface area contributed by atoms with E-state index in [0.717, 1.165) is 54.8 Å². The van der Waals surface area contributed by atoms with Gasteiger partial charge in [-0.25, -0.2) is 4.98 Å². The van der Waals surface area contributed by atoms with Gasteiger partial charge < -0.3 is 10.4 Å². The lowest BCUT2D eigenvalue weighted by Gasteiger charge is -2.60. The number of thiazole rings is 1. The summed E-state index contributed by atoms with van der Waals surface area (Å²) in [6, 6.07) is 8.49.